The minimum atomic E-state index is -0.462. The lowest BCUT2D eigenvalue weighted by molar-refractivity contribution is 0.00489. The van der Waals surface area contributed by atoms with E-state index in [9.17, 15) is 5.11 Å². The van der Waals surface area contributed by atoms with Crippen LogP contribution in [0.2, 0.25) is 0 Å². The third-order valence-corrected chi connectivity index (χ3v) is 1.88. The van der Waals surface area contributed by atoms with Crippen LogP contribution < -0.4 is 0 Å². The highest BCUT2D eigenvalue weighted by Gasteiger charge is 2.25. The lowest BCUT2D eigenvalue weighted by Crippen LogP contribution is -2.39. The largest absolute Gasteiger partial charge is 0.390 e. The molecule has 0 atom stereocenters. The van der Waals surface area contributed by atoms with E-state index in [2.05, 4.69) is 0 Å². The summed E-state index contributed by atoms with van der Waals surface area (Å²) in [5.41, 5.74) is -0.462. The molecular formula is C7H13NO. The van der Waals surface area contributed by atoms with E-state index in [1.807, 2.05) is 6.92 Å². The summed E-state index contributed by atoms with van der Waals surface area (Å²) >= 11 is 0. The monoisotopic (exact) mass is 127 g/mol. The number of nitrogens with zero attached hydrogens (tertiary/aromatic N) is 1. The predicted molar refractivity (Wildman–Crippen MR) is 35.7 cm³/mol. The molecule has 0 aromatic carbocycles. The van der Waals surface area contributed by atoms with Gasteiger partial charge in [-0.15, -0.1) is 0 Å². The maximum atomic E-state index is 9.41. The van der Waals surface area contributed by atoms with Crippen LogP contribution in [0.5, 0.6) is 0 Å². The molecule has 0 amide bonds. The first-order chi connectivity index (χ1) is 4.10. The summed E-state index contributed by atoms with van der Waals surface area (Å²) in [6.45, 7) is 3.49. The van der Waals surface area contributed by atoms with E-state index in [0.717, 1.165) is 25.9 Å². The van der Waals surface area contributed by atoms with Crippen LogP contribution in [0.25, 0.3) is 0 Å². The molecule has 2 nitrogen and oxygen atoms in total. The molecule has 1 rings (SSSR count). The standard InChI is InChI=1S/C7H13NO/c1-7(9)3-5-8(2)6-4-7/h2,9H,3-6H2,1H3. The zero-order chi connectivity index (χ0) is 6.91. The first-order valence-electron chi connectivity index (χ1n) is 3.32. The summed E-state index contributed by atoms with van der Waals surface area (Å²) in [5.74, 6) is 0. The van der Waals surface area contributed by atoms with Gasteiger partial charge in [-0.3, -0.25) is 4.90 Å². The smallest absolute Gasteiger partial charge is 0.0644 e. The van der Waals surface area contributed by atoms with E-state index in [0.29, 0.717) is 0 Å². The van der Waals surface area contributed by atoms with Gasteiger partial charge in [0.05, 0.1) is 5.60 Å². The predicted octanol–water partition coefficient (Wildman–Crippen LogP) is 0.502. The molecular weight excluding hydrogens is 114 g/mol. The van der Waals surface area contributed by atoms with Gasteiger partial charge in [-0.05, 0) is 19.8 Å². The molecule has 0 aliphatic carbocycles. The zero-order valence-corrected chi connectivity index (χ0v) is 5.80. The molecule has 1 fully saturated rings. The summed E-state index contributed by atoms with van der Waals surface area (Å²) in [7, 11) is 5.48. The van der Waals surface area contributed by atoms with Crippen molar-refractivity contribution in [2.75, 3.05) is 13.1 Å². The normalized spacial score (nSPS) is 28.3. The van der Waals surface area contributed by atoms with E-state index >= 15 is 0 Å². The Balaban J connectivity index is 2.35. The molecule has 1 N–H and O–H groups in total. The summed E-state index contributed by atoms with van der Waals surface area (Å²) in [4.78, 5) is 1.75. The Hall–Kier alpha value is -0.0800. The maximum Gasteiger partial charge on any atom is 0.0644 e. The summed E-state index contributed by atoms with van der Waals surface area (Å²) in [6.07, 6.45) is 1.59. The average Bonchev–Trinajstić information content (AvgIpc) is 1.78. The maximum absolute atomic E-state index is 9.41. The van der Waals surface area contributed by atoms with E-state index in [1.54, 1.807) is 4.90 Å². The molecule has 0 saturated carbocycles. The zero-order valence-electron chi connectivity index (χ0n) is 5.80. The molecule has 1 heterocycles. The van der Waals surface area contributed by atoms with Gasteiger partial charge >= 0.3 is 0 Å². The summed E-state index contributed by atoms with van der Waals surface area (Å²) < 4.78 is 0. The molecule has 0 unspecified atom stereocenters. The topological polar surface area (TPSA) is 23.5 Å². The Morgan fingerprint density at radius 2 is 1.89 bits per heavy atom. The number of likely N-dealkylation sites (tertiary alicyclic amines) is 1. The Labute approximate surface area is 56.5 Å². The van der Waals surface area contributed by atoms with Crippen molar-refractivity contribution in [1.29, 1.82) is 0 Å². The number of aliphatic hydroxyl groups is 1. The van der Waals surface area contributed by atoms with Crippen LogP contribution in [0.1, 0.15) is 19.8 Å². The molecule has 9 heavy (non-hydrogen) atoms. The fraction of sp³-hybridized carbons (Fsp3) is 0.857. The molecule has 0 bridgehead atoms. The van der Waals surface area contributed by atoms with Crippen LogP contribution in [-0.2, 0) is 0 Å². The van der Waals surface area contributed by atoms with Crippen molar-refractivity contribution < 1.29 is 5.11 Å². The Morgan fingerprint density at radius 3 is 2.22 bits per heavy atom. The lowest BCUT2D eigenvalue weighted by Gasteiger charge is -2.32. The Kier molecular flexibility index (Phi) is 1.78. The van der Waals surface area contributed by atoms with Crippen LogP contribution >= 0.6 is 0 Å². The van der Waals surface area contributed by atoms with Gasteiger partial charge in [0.15, 0.2) is 0 Å². The van der Waals surface area contributed by atoms with Gasteiger partial charge in [-0.25, -0.2) is 0 Å². The number of hydrogen-bond donors (Lipinski definition) is 1. The minimum absolute atomic E-state index is 0.462. The number of rotatable bonds is 0. The van der Waals surface area contributed by atoms with Gasteiger partial charge in [0, 0.05) is 20.1 Å². The van der Waals surface area contributed by atoms with Gasteiger partial charge in [-0.2, -0.15) is 0 Å². The molecule has 0 aromatic rings. The first-order valence-corrected chi connectivity index (χ1v) is 3.32. The van der Waals surface area contributed by atoms with Crippen LogP contribution in [0.3, 0.4) is 0 Å². The highest BCUT2D eigenvalue weighted by atomic mass is 16.3. The van der Waals surface area contributed by atoms with Crippen molar-refractivity contribution in [3.63, 3.8) is 0 Å². The second kappa shape index (κ2) is 2.27. The van der Waals surface area contributed by atoms with Crippen LogP contribution in [-0.4, -0.2) is 28.7 Å². The van der Waals surface area contributed by atoms with Crippen molar-refractivity contribution in [3.05, 3.63) is 7.05 Å². The van der Waals surface area contributed by atoms with Gasteiger partial charge in [-0.1, -0.05) is 0 Å². The molecule has 2 radical (unpaired) electrons. The molecule has 1 aliphatic rings. The summed E-state index contributed by atoms with van der Waals surface area (Å²) in [6, 6.07) is 0. The number of hydrogen-bond acceptors (Lipinski definition) is 2. The first kappa shape index (κ1) is 7.03. The molecule has 1 aliphatic heterocycles. The second-order valence-electron chi connectivity index (χ2n) is 3.03. The molecule has 2 heteroatoms. The van der Waals surface area contributed by atoms with Crippen LogP contribution in [0, 0.1) is 7.05 Å². The van der Waals surface area contributed by atoms with E-state index in [4.69, 9.17) is 7.05 Å². The average molecular weight is 127 g/mol. The van der Waals surface area contributed by atoms with Crippen molar-refractivity contribution in [2.45, 2.75) is 25.4 Å². The Morgan fingerprint density at radius 1 is 1.44 bits per heavy atom. The number of piperidine rings is 1. The van der Waals surface area contributed by atoms with Crippen LogP contribution in [0.4, 0.5) is 0 Å². The molecule has 0 aromatic heterocycles. The van der Waals surface area contributed by atoms with Crippen LogP contribution in [0.15, 0.2) is 0 Å². The second-order valence-corrected chi connectivity index (χ2v) is 3.03. The van der Waals surface area contributed by atoms with Crippen molar-refractivity contribution >= 4 is 0 Å². The third-order valence-electron chi connectivity index (χ3n) is 1.88. The van der Waals surface area contributed by atoms with E-state index < -0.39 is 5.60 Å². The molecule has 1 saturated heterocycles. The molecule has 0 spiro atoms. The quantitative estimate of drug-likeness (QED) is 0.512. The fourth-order valence-electron chi connectivity index (χ4n) is 1.01. The van der Waals surface area contributed by atoms with Crippen molar-refractivity contribution in [3.8, 4) is 0 Å². The fourth-order valence-corrected chi connectivity index (χ4v) is 1.01. The molecule has 52 valence electrons. The van der Waals surface area contributed by atoms with Crippen molar-refractivity contribution in [1.82, 2.24) is 4.90 Å². The van der Waals surface area contributed by atoms with Gasteiger partial charge in [0.25, 0.3) is 0 Å². The van der Waals surface area contributed by atoms with E-state index in [1.165, 1.54) is 0 Å². The summed E-state index contributed by atoms with van der Waals surface area (Å²) in [5, 5.41) is 9.41. The highest BCUT2D eigenvalue weighted by Crippen LogP contribution is 2.19. The lowest BCUT2D eigenvalue weighted by atomic mass is 9.94. The van der Waals surface area contributed by atoms with Gasteiger partial charge in [0.2, 0.25) is 0 Å². The van der Waals surface area contributed by atoms with E-state index in [-0.39, 0.29) is 0 Å². The SMILES string of the molecule is [CH]N1CCC(C)(O)CC1. The van der Waals surface area contributed by atoms with Gasteiger partial charge in [0.1, 0.15) is 0 Å². The van der Waals surface area contributed by atoms with Crippen molar-refractivity contribution in [2.24, 2.45) is 0 Å². The highest BCUT2D eigenvalue weighted by molar-refractivity contribution is 4.80. The minimum Gasteiger partial charge on any atom is -0.390 e. The van der Waals surface area contributed by atoms with Gasteiger partial charge < -0.3 is 5.11 Å². The third kappa shape index (κ3) is 1.95. The Bertz CT molecular complexity index is 91.1.